The van der Waals surface area contributed by atoms with E-state index >= 15 is 4.39 Å². The van der Waals surface area contributed by atoms with Crippen molar-refractivity contribution in [2.24, 2.45) is 0 Å². The van der Waals surface area contributed by atoms with Gasteiger partial charge in [-0.25, -0.2) is 9.07 Å². The first-order valence-corrected chi connectivity index (χ1v) is 11.7. The molecule has 2 aromatic carbocycles. The Hall–Kier alpha value is -2.80. The van der Waals surface area contributed by atoms with Gasteiger partial charge in [0.05, 0.1) is 6.04 Å². The van der Waals surface area contributed by atoms with Gasteiger partial charge in [-0.15, -0.1) is 5.10 Å². The van der Waals surface area contributed by atoms with Crippen molar-refractivity contribution in [3.05, 3.63) is 70.8 Å². The molecule has 1 saturated carbocycles. The number of hydrogen-bond acceptors (Lipinski definition) is 5. The number of rotatable bonds is 5. The molecule has 0 unspecified atom stereocenters. The van der Waals surface area contributed by atoms with E-state index in [1.165, 1.54) is 29.7 Å². The molecule has 1 aliphatic carbocycles. The molecule has 0 N–H and O–H groups in total. The van der Waals surface area contributed by atoms with Crippen molar-refractivity contribution < 1.29 is 4.39 Å². The number of anilines is 1. The van der Waals surface area contributed by atoms with Crippen LogP contribution in [-0.2, 0) is 0 Å². The summed E-state index contributed by atoms with van der Waals surface area (Å²) in [5.74, 6) is 0.567. The highest BCUT2D eigenvalue weighted by Gasteiger charge is 2.34. The van der Waals surface area contributed by atoms with Gasteiger partial charge in [0.2, 0.25) is 0 Å². The average Bonchev–Trinajstić information content (AvgIpc) is 3.50. The van der Waals surface area contributed by atoms with Crippen LogP contribution in [0.5, 0.6) is 0 Å². The summed E-state index contributed by atoms with van der Waals surface area (Å²) in [5, 5.41) is 12.8. The molecule has 2 aliphatic rings. The number of tetrazole rings is 1. The Labute approximate surface area is 189 Å². The van der Waals surface area contributed by atoms with Crippen LogP contribution in [0, 0.1) is 19.7 Å². The molecule has 2 fully saturated rings. The molecule has 7 heteroatoms. The minimum atomic E-state index is -0.285. The molecule has 168 valence electrons. The molecular weight excluding hydrogens is 403 g/mol. The van der Waals surface area contributed by atoms with Gasteiger partial charge >= 0.3 is 0 Å². The second kappa shape index (κ2) is 8.98. The Morgan fingerprint density at radius 3 is 2.47 bits per heavy atom. The lowest BCUT2D eigenvalue weighted by atomic mass is 10.0. The van der Waals surface area contributed by atoms with Crippen LogP contribution in [0.4, 0.5) is 10.1 Å². The van der Waals surface area contributed by atoms with Crippen molar-refractivity contribution in [2.75, 3.05) is 31.1 Å². The molecule has 32 heavy (non-hydrogen) atoms. The minimum Gasteiger partial charge on any atom is -0.369 e. The van der Waals surface area contributed by atoms with Gasteiger partial charge in [-0.05, 0) is 60.4 Å². The first kappa shape index (κ1) is 21.1. The number of aromatic nitrogens is 4. The van der Waals surface area contributed by atoms with E-state index in [9.17, 15) is 0 Å². The maximum atomic E-state index is 15.0. The molecule has 3 aromatic rings. The van der Waals surface area contributed by atoms with E-state index in [4.69, 9.17) is 0 Å². The fourth-order valence-electron chi connectivity index (χ4n) is 5.27. The normalized spacial score (nSPS) is 18.9. The lowest BCUT2D eigenvalue weighted by Gasteiger charge is -2.40. The van der Waals surface area contributed by atoms with Crippen LogP contribution in [0.2, 0.25) is 0 Å². The molecule has 1 saturated heterocycles. The van der Waals surface area contributed by atoms with Crippen LogP contribution in [0.15, 0.2) is 42.5 Å². The molecule has 5 rings (SSSR count). The number of nitrogens with zero attached hydrogens (tertiary/aromatic N) is 6. The number of benzene rings is 2. The maximum Gasteiger partial charge on any atom is 0.173 e. The highest BCUT2D eigenvalue weighted by atomic mass is 19.1. The van der Waals surface area contributed by atoms with Crippen molar-refractivity contribution >= 4 is 5.69 Å². The van der Waals surface area contributed by atoms with E-state index in [1.807, 2.05) is 16.8 Å². The standard InChI is InChI=1S/C25H31FN6/c1-18-11-12-19(2)23(17-18)30-13-15-31(16-14-30)24(21-9-5-6-10-22(21)26)25-27-28-29-32(25)20-7-3-4-8-20/h5-6,9-12,17,20,24H,3-4,7-8,13-16H2,1-2H3/t24-/m0/s1. The summed E-state index contributed by atoms with van der Waals surface area (Å²) < 4.78 is 17.0. The quantitative estimate of drug-likeness (QED) is 0.594. The Kier molecular flexibility index (Phi) is 5.91. The van der Waals surface area contributed by atoms with Crippen molar-refractivity contribution in [1.29, 1.82) is 0 Å². The number of aryl methyl sites for hydroxylation is 2. The van der Waals surface area contributed by atoms with Crippen LogP contribution in [0.25, 0.3) is 0 Å². The summed E-state index contributed by atoms with van der Waals surface area (Å²) in [6.45, 7) is 7.73. The van der Waals surface area contributed by atoms with E-state index < -0.39 is 0 Å². The third kappa shape index (κ3) is 4.01. The zero-order chi connectivity index (χ0) is 22.1. The zero-order valence-corrected chi connectivity index (χ0v) is 18.9. The van der Waals surface area contributed by atoms with Crippen LogP contribution in [0.1, 0.15) is 60.3 Å². The van der Waals surface area contributed by atoms with E-state index in [-0.39, 0.29) is 11.9 Å². The molecular formula is C25H31FN6. The van der Waals surface area contributed by atoms with Gasteiger partial charge < -0.3 is 4.90 Å². The Bertz CT molecular complexity index is 1070. The summed E-state index contributed by atoms with van der Waals surface area (Å²) >= 11 is 0. The zero-order valence-electron chi connectivity index (χ0n) is 18.9. The highest BCUT2D eigenvalue weighted by molar-refractivity contribution is 5.55. The molecule has 6 nitrogen and oxygen atoms in total. The van der Waals surface area contributed by atoms with Gasteiger partial charge in [-0.1, -0.05) is 43.2 Å². The molecule has 0 amide bonds. The summed E-state index contributed by atoms with van der Waals surface area (Å²) in [6.07, 6.45) is 4.57. The summed E-state index contributed by atoms with van der Waals surface area (Å²) in [5.41, 5.74) is 4.51. The number of halogens is 1. The lowest BCUT2D eigenvalue weighted by Crippen LogP contribution is -2.48. The van der Waals surface area contributed by atoms with E-state index in [1.54, 1.807) is 12.1 Å². The van der Waals surface area contributed by atoms with Gasteiger partial charge in [0, 0.05) is 37.4 Å². The largest absolute Gasteiger partial charge is 0.369 e. The fraction of sp³-hybridized carbons (Fsp3) is 0.480. The van der Waals surface area contributed by atoms with Crippen LogP contribution in [0.3, 0.4) is 0 Å². The van der Waals surface area contributed by atoms with Crippen LogP contribution < -0.4 is 4.90 Å². The summed E-state index contributed by atoms with van der Waals surface area (Å²) in [4.78, 5) is 4.79. The van der Waals surface area contributed by atoms with Crippen LogP contribution >= 0.6 is 0 Å². The topological polar surface area (TPSA) is 50.1 Å². The molecule has 0 spiro atoms. The highest BCUT2D eigenvalue weighted by Crippen LogP contribution is 2.35. The summed E-state index contributed by atoms with van der Waals surface area (Å²) in [7, 11) is 0. The van der Waals surface area contributed by atoms with E-state index in [2.05, 4.69) is 57.4 Å². The van der Waals surface area contributed by atoms with Crippen molar-refractivity contribution in [2.45, 2.75) is 51.6 Å². The SMILES string of the molecule is Cc1ccc(C)c(N2CCN([C@@H](c3ccccc3F)c3nnnn3C3CCCC3)CC2)c1. The predicted molar refractivity (Wildman–Crippen MR) is 123 cm³/mol. The molecule has 2 heterocycles. The van der Waals surface area contributed by atoms with Crippen molar-refractivity contribution in [3.63, 3.8) is 0 Å². The Balaban J connectivity index is 1.45. The molecule has 0 bridgehead atoms. The summed E-state index contributed by atoms with van der Waals surface area (Å²) in [6, 6.07) is 13.7. The molecule has 1 aromatic heterocycles. The van der Waals surface area contributed by atoms with Crippen molar-refractivity contribution in [1.82, 2.24) is 25.1 Å². The molecule has 1 aliphatic heterocycles. The third-order valence-corrected chi connectivity index (χ3v) is 7.02. The van der Waals surface area contributed by atoms with Gasteiger partial charge in [0.15, 0.2) is 5.82 Å². The minimum absolute atomic E-state index is 0.199. The van der Waals surface area contributed by atoms with Gasteiger partial charge in [0.25, 0.3) is 0 Å². The van der Waals surface area contributed by atoms with E-state index in [0.717, 1.165) is 44.8 Å². The third-order valence-electron chi connectivity index (χ3n) is 7.02. The molecule has 1 atom stereocenters. The first-order valence-electron chi connectivity index (χ1n) is 11.7. The second-order valence-electron chi connectivity index (χ2n) is 9.16. The van der Waals surface area contributed by atoms with Gasteiger partial charge in [0.1, 0.15) is 11.9 Å². The Morgan fingerprint density at radius 2 is 1.72 bits per heavy atom. The number of piperazine rings is 1. The van der Waals surface area contributed by atoms with Gasteiger partial charge in [-0.2, -0.15) is 0 Å². The van der Waals surface area contributed by atoms with Crippen LogP contribution in [-0.4, -0.2) is 51.3 Å². The van der Waals surface area contributed by atoms with Crippen molar-refractivity contribution in [3.8, 4) is 0 Å². The molecule has 0 radical (unpaired) electrons. The monoisotopic (exact) mass is 434 g/mol. The van der Waals surface area contributed by atoms with Gasteiger partial charge in [-0.3, -0.25) is 4.90 Å². The Morgan fingerprint density at radius 1 is 0.969 bits per heavy atom. The average molecular weight is 435 g/mol. The second-order valence-corrected chi connectivity index (χ2v) is 9.16. The first-order chi connectivity index (χ1) is 15.6. The maximum absolute atomic E-state index is 15.0. The predicted octanol–water partition coefficient (Wildman–Crippen LogP) is 4.46. The lowest BCUT2D eigenvalue weighted by molar-refractivity contribution is 0.194. The number of hydrogen-bond donors (Lipinski definition) is 0. The fourth-order valence-corrected chi connectivity index (χ4v) is 5.27. The van der Waals surface area contributed by atoms with E-state index in [0.29, 0.717) is 11.6 Å². The smallest absolute Gasteiger partial charge is 0.173 e.